The molecular weight excluding hydrogens is 254 g/mol. The molecule has 88 valence electrons. The fourth-order valence-electron chi connectivity index (χ4n) is 1.09. The van der Waals surface area contributed by atoms with Crippen LogP contribution in [0.5, 0.6) is 0 Å². The van der Waals surface area contributed by atoms with Gasteiger partial charge in [0, 0.05) is 11.6 Å². The molecule has 5 nitrogen and oxygen atoms in total. The summed E-state index contributed by atoms with van der Waals surface area (Å²) in [6.07, 6.45) is 1.02. The maximum absolute atomic E-state index is 10.8. The molecule has 0 bridgehead atoms. The average Bonchev–Trinajstić information content (AvgIpc) is 2.13. The number of hydrogen-bond donors (Lipinski definition) is 2. The zero-order valence-corrected chi connectivity index (χ0v) is 9.97. The van der Waals surface area contributed by atoms with Crippen LogP contribution in [0.15, 0.2) is 18.2 Å². The smallest absolute Gasteiger partial charge is 0.335 e. The summed E-state index contributed by atoms with van der Waals surface area (Å²) < 4.78 is 23.9. The van der Waals surface area contributed by atoms with Gasteiger partial charge in [-0.3, -0.25) is 0 Å². The third kappa shape index (κ3) is 4.18. The van der Waals surface area contributed by atoms with Crippen LogP contribution in [0, 0.1) is 0 Å². The predicted octanol–water partition coefficient (Wildman–Crippen LogP) is 1.09. The number of hydrogen-bond acceptors (Lipinski definition) is 3. The molecule has 0 heterocycles. The minimum Gasteiger partial charge on any atom is -0.478 e. The summed E-state index contributed by atoms with van der Waals surface area (Å²) in [5.41, 5.74) is 0.521. The third-order valence-electron chi connectivity index (χ3n) is 1.74. The molecule has 16 heavy (non-hydrogen) atoms. The van der Waals surface area contributed by atoms with Crippen LogP contribution in [0.2, 0.25) is 5.02 Å². The first-order valence-electron chi connectivity index (χ1n) is 4.25. The van der Waals surface area contributed by atoms with Crippen LogP contribution in [-0.2, 0) is 16.6 Å². The van der Waals surface area contributed by atoms with Crippen LogP contribution in [0.4, 0.5) is 0 Å². The van der Waals surface area contributed by atoms with Crippen LogP contribution in [0.3, 0.4) is 0 Å². The number of halogens is 1. The first-order valence-corrected chi connectivity index (χ1v) is 6.52. The largest absolute Gasteiger partial charge is 0.478 e. The maximum atomic E-state index is 10.8. The van der Waals surface area contributed by atoms with Crippen molar-refractivity contribution in [2.45, 2.75) is 6.54 Å². The molecule has 0 aromatic heterocycles. The number of nitrogens with one attached hydrogen (secondary N) is 1. The number of carboxylic acids is 1. The van der Waals surface area contributed by atoms with E-state index in [1.807, 2.05) is 0 Å². The minimum atomic E-state index is -3.31. The van der Waals surface area contributed by atoms with Crippen molar-refractivity contribution >= 4 is 27.6 Å². The molecule has 0 aliphatic carbocycles. The van der Waals surface area contributed by atoms with E-state index in [0.717, 1.165) is 6.26 Å². The second kappa shape index (κ2) is 4.82. The van der Waals surface area contributed by atoms with Crippen LogP contribution in [0.1, 0.15) is 15.9 Å². The van der Waals surface area contributed by atoms with Crippen molar-refractivity contribution in [3.05, 3.63) is 34.3 Å². The van der Waals surface area contributed by atoms with Gasteiger partial charge < -0.3 is 5.11 Å². The van der Waals surface area contributed by atoms with E-state index in [0.29, 0.717) is 5.56 Å². The van der Waals surface area contributed by atoms with Crippen LogP contribution in [-0.4, -0.2) is 25.7 Å². The van der Waals surface area contributed by atoms with E-state index in [1.54, 1.807) is 0 Å². The van der Waals surface area contributed by atoms with Crippen LogP contribution < -0.4 is 4.72 Å². The Hall–Kier alpha value is -1.11. The lowest BCUT2D eigenvalue weighted by Crippen LogP contribution is -2.21. The maximum Gasteiger partial charge on any atom is 0.335 e. The number of aromatic carboxylic acids is 1. The Morgan fingerprint density at radius 2 is 2.06 bits per heavy atom. The Kier molecular flexibility index (Phi) is 3.90. The lowest BCUT2D eigenvalue weighted by molar-refractivity contribution is 0.0696. The van der Waals surface area contributed by atoms with Crippen LogP contribution in [0.25, 0.3) is 0 Å². The molecule has 0 unspecified atom stereocenters. The second-order valence-electron chi connectivity index (χ2n) is 3.25. The van der Waals surface area contributed by atoms with Crippen molar-refractivity contribution in [2.75, 3.05) is 6.26 Å². The summed E-state index contributed by atoms with van der Waals surface area (Å²) in [6, 6.07) is 4.17. The average molecular weight is 264 g/mol. The first kappa shape index (κ1) is 13.0. The van der Waals surface area contributed by atoms with Crippen LogP contribution >= 0.6 is 11.6 Å². The Balaban J connectivity index is 2.93. The normalized spacial score (nSPS) is 11.4. The Morgan fingerprint density at radius 1 is 1.44 bits per heavy atom. The molecule has 0 fully saturated rings. The Labute approximate surface area is 98.1 Å². The highest BCUT2D eigenvalue weighted by Gasteiger charge is 2.07. The molecule has 0 spiro atoms. The van der Waals surface area contributed by atoms with Crippen molar-refractivity contribution in [3.8, 4) is 0 Å². The van der Waals surface area contributed by atoms with E-state index in [1.165, 1.54) is 18.2 Å². The van der Waals surface area contributed by atoms with Gasteiger partial charge in [-0.1, -0.05) is 11.6 Å². The minimum absolute atomic E-state index is 0.0136. The van der Waals surface area contributed by atoms with Crippen molar-refractivity contribution in [1.82, 2.24) is 4.72 Å². The van der Waals surface area contributed by atoms with Crippen molar-refractivity contribution in [3.63, 3.8) is 0 Å². The van der Waals surface area contributed by atoms with E-state index in [9.17, 15) is 13.2 Å². The second-order valence-corrected chi connectivity index (χ2v) is 5.52. The SMILES string of the molecule is CS(=O)(=O)NCc1cc(Cl)cc(C(=O)O)c1. The third-order valence-corrected chi connectivity index (χ3v) is 2.63. The predicted molar refractivity (Wildman–Crippen MR) is 60.1 cm³/mol. The van der Waals surface area contributed by atoms with Gasteiger partial charge in [0.05, 0.1) is 11.8 Å². The highest BCUT2D eigenvalue weighted by molar-refractivity contribution is 7.88. The number of benzene rings is 1. The van der Waals surface area contributed by atoms with E-state index < -0.39 is 16.0 Å². The van der Waals surface area contributed by atoms with Gasteiger partial charge in [0.25, 0.3) is 0 Å². The van der Waals surface area contributed by atoms with Crippen molar-refractivity contribution in [1.29, 1.82) is 0 Å². The number of sulfonamides is 1. The molecule has 0 amide bonds. The molecular formula is C9H10ClNO4S. The molecule has 7 heteroatoms. The van der Waals surface area contributed by atoms with Gasteiger partial charge in [0.2, 0.25) is 10.0 Å². The molecule has 0 saturated heterocycles. The van der Waals surface area contributed by atoms with Crippen molar-refractivity contribution in [2.24, 2.45) is 0 Å². The Bertz CT molecular complexity index is 512. The molecule has 0 atom stereocenters. The fourth-order valence-corrected chi connectivity index (χ4v) is 1.78. The molecule has 0 aliphatic rings. The Morgan fingerprint density at radius 3 is 2.56 bits per heavy atom. The molecule has 2 N–H and O–H groups in total. The molecule has 1 rings (SSSR count). The highest BCUT2D eigenvalue weighted by atomic mass is 35.5. The standard InChI is InChI=1S/C9H10ClNO4S/c1-16(14,15)11-5-6-2-7(9(12)13)4-8(10)3-6/h2-4,11H,5H2,1H3,(H,12,13). The topological polar surface area (TPSA) is 83.5 Å². The van der Waals surface area contributed by atoms with Gasteiger partial charge >= 0.3 is 5.97 Å². The van der Waals surface area contributed by atoms with E-state index in [-0.39, 0.29) is 17.1 Å². The summed E-state index contributed by atoms with van der Waals surface area (Å²) in [6.45, 7) is 0.0136. The van der Waals surface area contributed by atoms with Gasteiger partial charge in [-0.2, -0.15) is 0 Å². The summed E-state index contributed by atoms with van der Waals surface area (Å²) in [4.78, 5) is 10.7. The zero-order valence-electron chi connectivity index (χ0n) is 8.40. The van der Waals surface area contributed by atoms with Gasteiger partial charge in [-0.15, -0.1) is 0 Å². The first-order chi connectivity index (χ1) is 7.28. The lowest BCUT2D eigenvalue weighted by atomic mass is 10.1. The molecule has 0 aliphatic heterocycles. The molecule has 1 aromatic rings. The van der Waals surface area contributed by atoms with Gasteiger partial charge in [0.15, 0.2) is 0 Å². The molecule has 1 aromatic carbocycles. The zero-order chi connectivity index (χ0) is 12.3. The summed E-state index contributed by atoms with van der Waals surface area (Å²) in [5.74, 6) is -1.11. The van der Waals surface area contributed by atoms with E-state index >= 15 is 0 Å². The molecule has 0 radical (unpaired) electrons. The number of rotatable bonds is 4. The summed E-state index contributed by atoms with van der Waals surface area (Å²) in [5, 5.41) is 9.02. The van der Waals surface area contributed by atoms with Gasteiger partial charge in [-0.25, -0.2) is 17.9 Å². The van der Waals surface area contributed by atoms with Gasteiger partial charge in [0.1, 0.15) is 0 Å². The number of carbonyl (C=O) groups is 1. The molecule has 0 saturated carbocycles. The fraction of sp³-hybridized carbons (Fsp3) is 0.222. The lowest BCUT2D eigenvalue weighted by Gasteiger charge is -2.04. The monoisotopic (exact) mass is 263 g/mol. The quantitative estimate of drug-likeness (QED) is 0.852. The van der Waals surface area contributed by atoms with Gasteiger partial charge in [-0.05, 0) is 23.8 Å². The highest BCUT2D eigenvalue weighted by Crippen LogP contribution is 2.15. The van der Waals surface area contributed by atoms with Crippen molar-refractivity contribution < 1.29 is 18.3 Å². The summed E-state index contributed by atoms with van der Waals surface area (Å²) in [7, 11) is -3.31. The van der Waals surface area contributed by atoms with E-state index in [2.05, 4.69) is 4.72 Å². The summed E-state index contributed by atoms with van der Waals surface area (Å²) >= 11 is 5.70. The number of carboxylic acid groups (broad SMARTS) is 1. The van der Waals surface area contributed by atoms with E-state index in [4.69, 9.17) is 16.7 Å².